The number of amides is 2. The second kappa shape index (κ2) is 10.9. The van der Waals surface area contributed by atoms with Crippen LogP contribution >= 0.6 is 0 Å². The van der Waals surface area contributed by atoms with Gasteiger partial charge in [0.1, 0.15) is 34.4 Å². The maximum absolute atomic E-state index is 12.4. The third-order valence-electron chi connectivity index (χ3n) is 4.88. The first-order chi connectivity index (χ1) is 17.4. The summed E-state index contributed by atoms with van der Waals surface area (Å²) < 4.78 is 11.5. The van der Waals surface area contributed by atoms with Gasteiger partial charge in [-0.2, -0.15) is 0 Å². The highest BCUT2D eigenvalue weighted by Crippen LogP contribution is 2.25. The predicted octanol–water partition coefficient (Wildman–Crippen LogP) is 6.11. The second-order valence-electron chi connectivity index (χ2n) is 7.70. The minimum absolute atomic E-state index is 0.148. The van der Waals surface area contributed by atoms with Crippen molar-refractivity contribution in [2.45, 2.75) is 13.8 Å². The normalized spacial score (nSPS) is 10.3. The van der Waals surface area contributed by atoms with Gasteiger partial charge >= 0.3 is 6.03 Å². The first kappa shape index (κ1) is 24.1. The monoisotopic (exact) mass is 482 g/mol. The van der Waals surface area contributed by atoms with Crippen LogP contribution in [0.4, 0.5) is 16.2 Å². The molecule has 2 heterocycles. The van der Waals surface area contributed by atoms with Gasteiger partial charge in [0.05, 0.1) is 0 Å². The summed E-state index contributed by atoms with van der Waals surface area (Å²) in [5.41, 5.74) is 1.78. The number of benzene rings is 2. The number of nitrogens with one attached hydrogen (secondary N) is 2. The number of anilines is 2. The van der Waals surface area contributed by atoms with Crippen molar-refractivity contribution in [1.82, 2.24) is 9.97 Å². The third-order valence-corrected chi connectivity index (χ3v) is 4.88. The van der Waals surface area contributed by atoms with Gasteiger partial charge in [0.25, 0.3) is 0 Å². The number of rotatable bonds is 8. The third kappa shape index (κ3) is 6.51. The molecular weight excluding hydrogens is 460 g/mol. The molecule has 0 aliphatic carbocycles. The van der Waals surface area contributed by atoms with Crippen LogP contribution in [0.3, 0.4) is 0 Å². The van der Waals surface area contributed by atoms with Crippen LogP contribution in [0.1, 0.15) is 34.8 Å². The van der Waals surface area contributed by atoms with E-state index in [1.807, 2.05) is 0 Å². The number of carbonyl (C=O) groups is 3. The van der Waals surface area contributed by atoms with E-state index in [0.29, 0.717) is 45.8 Å². The Labute approximate surface area is 207 Å². The number of carbonyl (C=O) groups excluding carboxylic acids is 3. The number of hydrogen-bond donors (Lipinski definition) is 2. The Kier molecular flexibility index (Phi) is 7.30. The number of hydrogen-bond acceptors (Lipinski definition) is 7. The summed E-state index contributed by atoms with van der Waals surface area (Å²) >= 11 is 0. The van der Waals surface area contributed by atoms with Gasteiger partial charge in [-0.05, 0) is 60.7 Å². The van der Waals surface area contributed by atoms with Crippen LogP contribution in [-0.2, 0) is 0 Å². The Morgan fingerprint density at radius 2 is 0.972 bits per heavy atom. The molecule has 0 fully saturated rings. The lowest BCUT2D eigenvalue weighted by Gasteiger charge is -2.10. The maximum atomic E-state index is 12.4. The topological polar surface area (TPSA) is 120 Å². The van der Waals surface area contributed by atoms with E-state index in [-0.39, 0.29) is 11.6 Å². The van der Waals surface area contributed by atoms with Gasteiger partial charge in [-0.25, -0.2) is 4.79 Å². The second-order valence-corrected chi connectivity index (χ2v) is 7.70. The van der Waals surface area contributed by atoms with Gasteiger partial charge < -0.3 is 20.1 Å². The molecule has 0 spiro atoms. The molecule has 2 amide bonds. The van der Waals surface area contributed by atoms with E-state index in [0.717, 1.165) is 0 Å². The Hall–Kier alpha value is -5.05. The summed E-state index contributed by atoms with van der Waals surface area (Å²) in [5, 5.41) is 5.49. The average Bonchev–Trinajstić information content (AvgIpc) is 2.87. The maximum Gasteiger partial charge on any atom is 0.323 e. The highest BCUT2D eigenvalue weighted by atomic mass is 16.5. The van der Waals surface area contributed by atoms with Crippen molar-refractivity contribution in [3.8, 4) is 23.0 Å². The van der Waals surface area contributed by atoms with Crippen molar-refractivity contribution < 1.29 is 23.9 Å². The van der Waals surface area contributed by atoms with Crippen molar-refractivity contribution >= 4 is 29.0 Å². The summed E-state index contributed by atoms with van der Waals surface area (Å²) in [5.74, 6) is 1.77. The number of urea groups is 1. The first-order valence-corrected chi connectivity index (χ1v) is 10.9. The fourth-order valence-corrected chi connectivity index (χ4v) is 3.11. The molecule has 36 heavy (non-hydrogen) atoms. The summed E-state index contributed by atoms with van der Waals surface area (Å²) in [6, 6.07) is 19.6. The van der Waals surface area contributed by atoms with Crippen LogP contribution < -0.4 is 20.1 Å². The number of aromatic nitrogens is 2. The van der Waals surface area contributed by atoms with Crippen LogP contribution in [0, 0.1) is 0 Å². The summed E-state index contributed by atoms with van der Waals surface area (Å²) in [4.78, 5) is 43.3. The summed E-state index contributed by atoms with van der Waals surface area (Å²) in [7, 11) is 0. The quantitative estimate of drug-likeness (QED) is 0.291. The molecule has 2 aromatic heterocycles. The number of pyridine rings is 2. The Balaban J connectivity index is 1.31. The lowest BCUT2D eigenvalue weighted by Crippen LogP contribution is -2.19. The predicted molar refractivity (Wildman–Crippen MR) is 134 cm³/mol. The molecule has 0 bridgehead atoms. The molecule has 0 radical (unpaired) electrons. The molecule has 0 unspecified atom stereocenters. The highest BCUT2D eigenvalue weighted by Gasteiger charge is 2.07. The van der Waals surface area contributed by atoms with E-state index >= 15 is 0 Å². The number of Topliss-reactive ketones (excluding diaryl/α,β-unsaturated/α-hetero) is 2. The molecule has 0 atom stereocenters. The van der Waals surface area contributed by atoms with Crippen LogP contribution in [0.2, 0.25) is 0 Å². The Morgan fingerprint density at radius 3 is 1.33 bits per heavy atom. The summed E-state index contributed by atoms with van der Waals surface area (Å²) in [6.45, 7) is 2.88. The fourth-order valence-electron chi connectivity index (χ4n) is 3.11. The molecule has 0 aliphatic heterocycles. The Morgan fingerprint density at radius 1 is 0.583 bits per heavy atom. The lowest BCUT2D eigenvalue weighted by molar-refractivity contribution is 0.1000. The SMILES string of the molecule is CC(=O)c1cc(Oc2ccc(NC(=O)Nc3ccc(Oc4ccnc(C(C)=O)c4)cc3)cc2)ccn1. The molecule has 9 nitrogen and oxygen atoms in total. The van der Waals surface area contributed by atoms with Crippen molar-refractivity contribution in [3.63, 3.8) is 0 Å². The van der Waals surface area contributed by atoms with Crippen LogP contribution in [-0.4, -0.2) is 27.6 Å². The molecule has 2 N–H and O–H groups in total. The molecule has 2 aromatic carbocycles. The van der Waals surface area contributed by atoms with Crippen molar-refractivity contribution in [2.75, 3.05) is 10.6 Å². The zero-order chi connectivity index (χ0) is 25.5. The molecule has 9 heteroatoms. The zero-order valence-corrected chi connectivity index (χ0v) is 19.5. The first-order valence-electron chi connectivity index (χ1n) is 10.9. The molecule has 0 aliphatic rings. The smallest absolute Gasteiger partial charge is 0.323 e. The van der Waals surface area contributed by atoms with Gasteiger partial charge in [0.15, 0.2) is 11.6 Å². The minimum Gasteiger partial charge on any atom is -0.457 e. The number of ether oxygens (including phenoxy) is 2. The molecule has 4 rings (SSSR count). The van der Waals surface area contributed by atoms with Gasteiger partial charge in [0, 0.05) is 49.7 Å². The minimum atomic E-state index is -0.419. The fraction of sp³-hybridized carbons (Fsp3) is 0.0741. The largest absolute Gasteiger partial charge is 0.457 e. The van der Waals surface area contributed by atoms with E-state index in [4.69, 9.17) is 9.47 Å². The number of nitrogens with zero attached hydrogens (tertiary/aromatic N) is 2. The molecule has 0 saturated carbocycles. The van der Waals surface area contributed by atoms with Crippen molar-refractivity contribution in [1.29, 1.82) is 0 Å². The lowest BCUT2D eigenvalue weighted by atomic mass is 10.2. The van der Waals surface area contributed by atoms with Crippen LogP contribution in [0.15, 0.2) is 85.2 Å². The molecular formula is C27H22N4O5. The summed E-state index contributed by atoms with van der Waals surface area (Å²) in [6.07, 6.45) is 3.02. The van der Waals surface area contributed by atoms with E-state index < -0.39 is 6.03 Å². The van der Waals surface area contributed by atoms with Crippen molar-refractivity contribution in [3.05, 3.63) is 96.6 Å². The van der Waals surface area contributed by atoms with Gasteiger partial charge in [-0.15, -0.1) is 0 Å². The van der Waals surface area contributed by atoms with Crippen molar-refractivity contribution in [2.24, 2.45) is 0 Å². The van der Waals surface area contributed by atoms with Gasteiger partial charge in [-0.1, -0.05) is 0 Å². The number of ketones is 2. The molecule has 0 saturated heterocycles. The van der Waals surface area contributed by atoms with Crippen LogP contribution in [0.5, 0.6) is 23.0 Å². The van der Waals surface area contributed by atoms with Gasteiger partial charge in [0.2, 0.25) is 0 Å². The average molecular weight is 482 g/mol. The van der Waals surface area contributed by atoms with Crippen LogP contribution in [0.25, 0.3) is 0 Å². The zero-order valence-electron chi connectivity index (χ0n) is 19.5. The van der Waals surface area contributed by atoms with Gasteiger partial charge in [-0.3, -0.25) is 19.6 Å². The van der Waals surface area contributed by atoms with E-state index in [2.05, 4.69) is 20.6 Å². The van der Waals surface area contributed by atoms with E-state index in [9.17, 15) is 14.4 Å². The van der Waals surface area contributed by atoms with E-state index in [1.165, 1.54) is 26.2 Å². The standard InChI is InChI=1S/C27H22N4O5/c1-17(32)25-15-23(11-13-28-25)35-21-7-3-19(4-8-21)30-27(34)31-20-5-9-22(10-6-20)36-24-12-14-29-26(16-24)18(2)33/h3-16H,1-2H3,(H2,30,31,34). The molecule has 4 aromatic rings. The molecule has 180 valence electrons. The highest BCUT2D eigenvalue weighted by molar-refractivity contribution is 5.99. The van der Waals surface area contributed by atoms with E-state index in [1.54, 1.807) is 72.8 Å². The Bertz CT molecular complexity index is 1300.